The van der Waals surface area contributed by atoms with Gasteiger partial charge in [-0.05, 0) is 35.8 Å². The topological polar surface area (TPSA) is 21.7 Å². The standard InChI is InChI=1S/C13H17BrFNO2/c1-13(2)8-18-5-4-16(13)9-6-10(14)12(17-3)11(15)7-9/h6-7H,4-5,8H2,1-3H3. The molecular weight excluding hydrogens is 301 g/mol. The van der Waals surface area contributed by atoms with Crippen LogP contribution in [0, 0.1) is 5.82 Å². The molecule has 1 fully saturated rings. The van der Waals surface area contributed by atoms with Crippen LogP contribution in [0.5, 0.6) is 5.75 Å². The zero-order valence-corrected chi connectivity index (χ0v) is 12.4. The predicted octanol–water partition coefficient (Wildman–Crippen LogP) is 3.21. The van der Waals surface area contributed by atoms with Crippen LogP contribution in [0.3, 0.4) is 0 Å². The van der Waals surface area contributed by atoms with Crippen molar-refractivity contribution >= 4 is 21.6 Å². The fourth-order valence-corrected chi connectivity index (χ4v) is 2.82. The van der Waals surface area contributed by atoms with Gasteiger partial charge in [0.15, 0.2) is 11.6 Å². The second kappa shape index (κ2) is 5.05. The van der Waals surface area contributed by atoms with Gasteiger partial charge in [-0.3, -0.25) is 0 Å². The highest BCUT2D eigenvalue weighted by atomic mass is 79.9. The Morgan fingerprint density at radius 2 is 2.17 bits per heavy atom. The number of morpholine rings is 1. The number of methoxy groups -OCH3 is 1. The molecule has 1 aromatic rings. The van der Waals surface area contributed by atoms with E-state index in [4.69, 9.17) is 9.47 Å². The number of halogens is 2. The molecule has 18 heavy (non-hydrogen) atoms. The van der Waals surface area contributed by atoms with Gasteiger partial charge in [0.25, 0.3) is 0 Å². The number of rotatable bonds is 2. The largest absolute Gasteiger partial charge is 0.492 e. The molecule has 3 nitrogen and oxygen atoms in total. The first kappa shape index (κ1) is 13.6. The molecule has 1 heterocycles. The molecule has 1 aromatic carbocycles. The van der Waals surface area contributed by atoms with Crippen LogP contribution in [0.2, 0.25) is 0 Å². The number of anilines is 1. The maximum Gasteiger partial charge on any atom is 0.168 e. The van der Waals surface area contributed by atoms with Crippen LogP contribution >= 0.6 is 15.9 Å². The Bertz CT molecular complexity index is 428. The zero-order valence-electron chi connectivity index (χ0n) is 10.8. The van der Waals surface area contributed by atoms with Crippen molar-refractivity contribution in [3.05, 3.63) is 22.4 Å². The first-order valence-corrected chi connectivity index (χ1v) is 6.63. The molecule has 0 saturated carbocycles. The lowest BCUT2D eigenvalue weighted by atomic mass is 10.0. The van der Waals surface area contributed by atoms with E-state index in [0.29, 0.717) is 17.7 Å². The minimum atomic E-state index is -0.357. The zero-order chi connectivity index (χ0) is 13.3. The van der Waals surface area contributed by atoms with E-state index in [-0.39, 0.29) is 17.1 Å². The quantitative estimate of drug-likeness (QED) is 0.836. The third-order valence-corrected chi connectivity index (χ3v) is 3.73. The van der Waals surface area contributed by atoms with Crippen LogP contribution in [0.1, 0.15) is 13.8 Å². The van der Waals surface area contributed by atoms with Gasteiger partial charge >= 0.3 is 0 Å². The third kappa shape index (κ3) is 2.47. The maximum atomic E-state index is 13.9. The van der Waals surface area contributed by atoms with E-state index in [0.717, 1.165) is 12.2 Å². The molecule has 0 spiro atoms. The number of hydrogen-bond acceptors (Lipinski definition) is 3. The summed E-state index contributed by atoms with van der Waals surface area (Å²) in [6, 6.07) is 3.39. The Morgan fingerprint density at radius 3 is 2.72 bits per heavy atom. The lowest BCUT2D eigenvalue weighted by Gasteiger charge is -2.44. The van der Waals surface area contributed by atoms with E-state index in [1.165, 1.54) is 13.2 Å². The van der Waals surface area contributed by atoms with Crippen LogP contribution in [-0.2, 0) is 4.74 Å². The number of nitrogens with zero attached hydrogens (tertiary/aromatic N) is 1. The summed E-state index contributed by atoms with van der Waals surface area (Å²) in [5.41, 5.74) is 0.701. The van der Waals surface area contributed by atoms with Crippen LogP contribution in [0.15, 0.2) is 16.6 Å². The summed E-state index contributed by atoms with van der Waals surface area (Å²) in [4.78, 5) is 2.16. The molecule has 100 valence electrons. The Kier molecular flexibility index (Phi) is 3.82. The van der Waals surface area contributed by atoms with Crippen LogP contribution in [-0.4, -0.2) is 32.4 Å². The Morgan fingerprint density at radius 1 is 1.44 bits per heavy atom. The molecule has 1 saturated heterocycles. The molecule has 0 aliphatic carbocycles. The van der Waals surface area contributed by atoms with Gasteiger partial charge in [0.05, 0.1) is 30.3 Å². The lowest BCUT2D eigenvalue weighted by Crippen LogP contribution is -2.53. The van der Waals surface area contributed by atoms with Gasteiger partial charge in [0, 0.05) is 18.3 Å². The molecule has 1 aliphatic rings. The van der Waals surface area contributed by atoms with Crippen molar-refractivity contribution in [3.8, 4) is 5.75 Å². The summed E-state index contributed by atoms with van der Waals surface area (Å²) in [5.74, 6) is -0.117. The monoisotopic (exact) mass is 317 g/mol. The molecule has 5 heteroatoms. The van der Waals surface area contributed by atoms with Crippen molar-refractivity contribution in [2.24, 2.45) is 0 Å². The second-order valence-corrected chi connectivity index (χ2v) is 5.81. The Hall–Kier alpha value is -0.810. The van der Waals surface area contributed by atoms with E-state index in [1.807, 2.05) is 6.07 Å². The highest BCUT2D eigenvalue weighted by Gasteiger charge is 2.31. The molecule has 0 N–H and O–H groups in total. The Balaban J connectivity index is 2.39. The van der Waals surface area contributed by atoms with E-state index < -0.39 is 0 Å². The van der Waals surface area contributed by atoms with Crippen molar-refractivity contribution < 1.29 is 13.9 Å². The summed E-state index contributed by atoms with van der Waals surface area (Å²) in [5, 5.41) is 0. The minimum Gasteiger partial charge on any atom is -0.492 e. The normalized spacial score (nSPS) is 18.8. The first-order chi connectivity index (χ1) is 8.45. The molecule has 1 aliphatic heterocycles. The molecule has 0 unspecified atom stereocenters. The van der Waals surface area contributed by atoms with Gasteiger partial charge in [-0.2, -0.15) is 0 Å². The number of hydrogen-bond donors (Lipinski definition) is 0. The fourth-order valence-electron chi connectivity index (χ4n) is 2.23. The predicted molar refractivity (Wildman–Crippen MR) is 72.9 cm³/mol. The van der Waals surface area contributed by atoms with Crippen molar-refractivity contribution in [1.29, 1.82) is 0 Å². The smallest absolute Gasteiger partial charge is 0.168 e. The van der Waals surface area contributed by atoms with E-state index in [9.17, 15) is 4.39 Å². The SMILES string of the molecule is COc1c(F)cc(N2CCOCC2(C)C)cc1Br. The van der Waals surface area contributed by atoms with E-state index >= 15 is 0 Å². The van der Waals surface area contributed by atoms with Gasteiger partial charge in [0.2, 0.25) is 0 Å². The molecule has 2 rings (SSSR count). The van der Waals surface area contributed by atoms with Gasteiger partial charge in [-0.1, -0.05) is 0 Å². The number of ether oxygens (including phenoxy) is 2. The molecule has 0 aromatic heterocycles. The summed E-state index contributed by atoms with van der Waals surface area (Å²) in [6.07, 6.45) is 0. The van der Waals surface area contributed by atoms with Crippen molar-refractivity contribution in [2.45, 2.75) is 19.4 Å². The van der Waals surface area contributed by atoms with Gasteiger partial charge in [-0.15, -0.1) is 0 Å². The molecule has 0 atom stereocenters. The molecular formula is C13H17BrFNO2. The number of benzene rings is 1. The van der Waals surface area contributed by atoms with E-state index in [2.05, 4.69) is 34.7 Å². The van der Waals surface area contributed by atoms with Crippen LogP contribution in [0.4, 0.5) is 10.1 Å². The summed E-state index contributed by atoms with van der Waals surface area (Å²) in [7, 11) is 1.46. The first-order valence-electron chi connectivity index (χ1n) is 5.84. The third-order valence-electron chi connectivity index (χ3n) is 3.14. The Labute approximate surface area is 115 Å². The minimum absolute atomic E-state index is 0.140. The molecule has 0 radical (unpaired) electrons. The second-order valence-electron chi connectivity index (χ2n) is 4.96. The summed E-state index contributed by atoms with van der Waals surface area (Å²) in [6.45, 7) is 6.22. The molecule has 0 bridgehead atoms. The summed E-state index contributed by atoms with van der Waals surface area (Å²) >= 11 is 3.34. The van der Waals surface area contributed by atoms with Crippen molar-refractivity contribution in [3.63, 3.8) is 0 Å². The van der Waals surface area contributed by atoms with Gasteiger partial charge < -0.3 is 14.4 Å². The van der Waals surface area contributed by atoms with E-state index in [1.54, 1.807) is 0 Å². The van der Waals surface area contributed by atoms with Gasteiger partial charge in [0.1, 0.15) is 0 Å². The van der Waals surface area contributed by atoms with Crippen molar-refractivity contribution in [1.82, 2.24) is 0 Å². The summed E-state index contributed by atoms with van der Waals surface area (Å²) < 4.78 is 25.0. The lowest BCUT2D eigenvalue weighted by molar-refractivity contribution is 0.0643. The highest BCUT2D eigenvalue weighted by Crippen LogP contribution is 2.35. The van der Waals surface area contributed by atoms with Crippen LogP contribution < -0.4 is 9.64 Å². The average molecular weight is 318 g/mol. The highest BCUT2D eigenvalue weighted by molar-refractivity contribution is 9.10. The average Bonchev–Trinajstić information content (AvgIpc) is 2.27. The maximum absolute atomic E-state index is 13.9. The fraction of sp³-hybridized carbons (Fsp3) is 0.538. The van der Waals surface area contributed by atoms with Gasteiger partial charge in [-0.25, -0.2) is 4.39 Å². The van der Waals surface area contributed by atoms with Crippen LogP contribution in [0.25, 0.3) is 0 Å². The molecule has 0 amide bonds. The van der Waals surface area contributed by atoms with Crippen molar-refractivity contribution in [2.75, 3.05) is 31.8 Å².